The van der Waals surface area contributed by atoms with E-state index in [1.54, 1.807) is 0 Å². The zero-order chi connectivity index (χ0) is 23.2. The van der Waals surface area contributed by atoms with Gasteiger partial charge in [-0.1, -0.05) is 65.3 Å². The SMILES string of the molecule is CCC(c1nc2sccc2c(=O)n1Cc1ccccc1)N(CCNC)Cc1ccc(Br)cc1. The third-order valence-corrected chi connectivity index (χ3v) is 7.21. The lowest BCUT2D eigenvalue weighted by Gasteiger charge is -2.32. The first kappa shape index (κ1) is 23.8. The molecule has 7 heteroatoms. The number of nitrogens with one attached hydrogen (secondary N) is 1. The van der Waals surface area contributed by atoms with Gasteiger partial charge in [-0.2, -0.15) is 0 Å². The Hall–Kier alpha value is -2.32. The fourth-order valence-corrected chi connectivity index (χ4v) is 5.19. The van der Waals surface area contributed by atoms with Gasteiger partial charge in [0.25, 0.3) is 5.56 Å². The van der Waals surface area contributed by atoms with Crippen molar-refractivity contribution in [3.05, 3.63) is 97.8 Å². The summed E-state index contributed by atoms with van der Waals surface area (Å²) in [4.78, 5) is 21.9. The Morgan fingerprint density at radius 3 is 2.55 bits per heavy atom. The molecule has 2 heterocycles. The molecule has 1 N–H and O–H groups in total. The van der Waals surface area contributed by atoms with Crippen LogP contribution >= 0.6 is 27.3 Å². The van der Waals surface area contributed by atoms with Gasteiger partial charge in [0.2, 0.25) is 0 Å². The second-order valence-corrected chi connectivity index (χ2v) is 9.92. The van der Waals surface area contributed by atoms with Crippen LogP contribution in [-0.4, -0.2) is 34.6 Å². The molecule has 0 fully saturated rings. The maximum absolute atomic E-state index is 13.6. The first-order valence-corrected chi connectivity index (χ1v) is 12.9. The van der Waals surface area contributed by atoms with Crippen LogP contribution in [0.25, 0.3) is 10.2 Å². The molecule has 0 amide bonds. The first-order valence-electron chi connectivity index (χ1n) is 11.3. The fraction of sp³-hybridized carbons (Fsp3) is 0.308. The van der Waals surface area contributed by atoms with Gasteiger partial charge >= 0.3 is 0 Å². The second-order valence-electron chi connectivity index (χ2n) is 8.11. The van der Waals surface area contributed by atoms with Crippen LogP contribution in [0, 0.1) is 0 Å². The van der Waals surface area contributed by atoms with E-state index in [-0.39, 0.29) is 11.6 Å². The summed E-state index contributed by atoms with van der Waals surface area (Å²) in [5, 5.41) is 5.93. The molecule has 0 radical (unpaired) electrons. The Balaban J connectivity index is 1.78. The molecule has 2 aromatic carbocycles. The van der Waals surface area contributed by atoms with Gasteiger partial charge in [-0.05, 0) is 48.2 Å². The fourth-order valence-electron chi connectivity index (χ4n) is 4.17. The molecule has 33 heavy (non-hydrogen) atoms. The summed E-state index contributed by atoms with van der Waals surface area (Å²) in [6.45, 7) is 5.20. The molecular formula is C26H29BrN4OS. The Labute approximate surface area is 207 Å². The molecule has 5 nitrogen and oxygen atoms in total. The monoisotopic (exact) mass is 524 g/mol. The zero-order valence-electron chi connectivity index (χ0n) is 19.0. The van der Waals surface area contributed by atoms with Crippen molar-refractivity contribution in [1.29, 1.82) is 0 Å². The third-order valence-electron chi connectivity index (χ3n) is 5.87. The maximum Gasteiger partial charge on any atom is 0.262 e. The quantitative estimate of drug-likeness (QED) is 0.300. The number of likely N-dealkylation sites (N-methyl/N-ethyl adjacent to an activating group) is 1. The highest BCUT2D eigenvalue weighted by molar-refractivity contribution is 9.10. The first-order chi connectivity index (χ1) is 16.1. The smallest absolute Gasteiger partial charge is 0.262 e. The van der Waals surface area contributed by atoms with E-state index in [2.05, 4.69) is 69.5 Å². The van der Waals surface area contributed by atoms with Crippen LogP contribution in [0.4, 0.5) is 0 Å². The molecule has 0 spiro atoms. The average Bonchev–Trinajstić information content (AvgIpc) is 3.31. The molecule has 4 aromatic rings. The van der Waals surface area contributed by atoms with Crippen LogP contribution in [0.2, 0.25) is 0 Å². The number of halogens is 1. The topological polar surface area (TPSA) is 50.2 Å². The van der Waals surface area contributed by atoms with E-state index in [4.69, 9.17) is 4.98 Å². The highest BCUT2D eigenvalue weighted by Crippen LogP contribution is 2.27. The standard InChI is InChI=1S/C26H29BrN4OS/c1-3-23(30(15-14-28-2)17-20-9-11-21(27)12-10-20)24-29-25-22(13-16-33-25)26(32)31(24)18-19-7-5-4-6-8-19/h4-13,16,23,28H,3,14-15,17-18H2,1-2H3. The lowest BCUT2D eigenvalue weighted by molar-refractivity contribution is 0.173. The van der Waals surface area contributed by atoms with Crippen molar-refractivity contribution in [3.63, 3.8) is 0 Å². The largest absolute Gasteiger partial charge is 0.318 e. The van der Waals surface area contributed by atoms with Crippen molar-refractivity contribution in [2.75, 3.05) is 20.1 Å². The highest BCUT2D eigenvalue weighted by Gasteiger charge is 2.25. The van der Waals surface area contributed by atoms with E-state index in [1.807, 2.05) is 41.3 Å². The summed E-state index contributed by atoms with van der Waals surface area (Å²) in [6.07, 6.45) is 0.859. The van der Waals surface area contributed by atoms with Crippen LogP contribution in [0.15, 0.2) is 75.3 Å². The molecule has 1 atom stereocenters. The van der Waals surface area contributed by atoms with Crippen molar-refractivity contribution in [3.8, 4) is 0 Å². The van der Waals surface area contributed by atoms with Crippen LogP contribution < -0.4 is 10.9 Å². The van der Waals surface area contributed by atoms with Gasteiger partial charge in [-0.3, -0.25) is 14.3 Å². The normalized spacial score (nSPS) is 12.5. The predicted molar refractivity (Wildman–Crippen MR) is 141 cm³/mol. The Morgan fingerprint density at radius 1 is 1.09 bits per heavy atom. The second kappa shape index (κ2) is 11.2. The minimum atomic E-state index is 0.0184. The summed E-state index contributed by atoms with van der Waals surface area (Å²) in [6, 6.07) is 20.5. The van der Waals surface area contributed by atoms with E-state index in [0.717, 1.165) is 46.7 Å². The number of thiophene rings is 1. The molecule has 1 unspecified atom stereocenters. The number of hydrogen-bond acceptors (Lipinski definition) is 5. The summed E-state index contributed by atoms with van der Waals surface area (Å²) in [5.74, 6) is 0.842. The third kappa shape index (κ3) is 5.61. The summed E-state index contributed by atoms with van der Waals surface area (Å²) in [7, 11) is 1.97. The van der Waals surface area contributed by atoms with Crippen molar-refractivity contribution < 1.29 is 0 Å². The predicted octanol–water partition coefficient (Wildman–Crippen LogP) is 5.44. The molecule has 0 aliphatic heterocycles. The van der Waals surface area contributed by atoms with Gasteiger partial charge in [-0.15, -0.1) is 11.3 Å². The van der Waals surface area contributed by atoms with Gasteiger partial charge in [-0.25, -0.2) is 4.98 Å². The van der Waals surface area contributed by atoms with E-state index in [9.17, 15) is 4.79 Å². The summed E-state index contributed by atoms with van der Waals surface area (Å²) < 4.78 is 2.95. The summed E-state index contributed by atoms with van der Waals surface area (Å²) in [5.41, 5.74) is 2.37. The van der Waals surface area contributed by atoms with Crippen LogP contribution in [0.1, 0.15) is 36.3 Å². The summed E-state index contributed by atoms with van der Waals surface area (Å²) >= 11 is 5.06. The number of hydrogen-bond donors (Lipinski definition) is 1. The van der Waals surface area contributed by atoms with Crippen LogP contribution in [0.5, 0.6) is 0 Å². The molecule has 2 aromatic heterocycles. The molecule has 0 aliphatic rings. The van der Waals surface area contributed by atoms with E-state index in [1.165, 1.54) is 16.9 Å². The van der Waals surface area contributed by atoms with Gasteiger partial charge in [0, 0.05) is 24.1 Å². The molecule has 0 saturated carbocycles. The van der Waals surface area contributed by atoms with Crippen molar-refractivity contribution in [2.45, 2.75) is 32.5 Å². The van der Waals surface area contributed by atoms with Crippen LogP contribution in [0.3, 0.4) is 0 Å². The molecule has 172 valence electrons. The molecule has 0 aliphatic carbocycles. The van der Waals surface area contributed by atoms with Crippen molar-refractivity contribution in [2.24, 2.45) is 0 Å². The number of aromatic nitrogens is 2. The van der Waals surface area contributed by atoms with Gasteiger partial charge in [0.05, 0.1) is 18.0 Å². The van der Waals surface area contributed by atoms with E-state index in [0.29, 0.717) is 11.9 Å². The lowest BCUT2D eigenvalue weighted by Crippen LogP contribution is -2.38. The number of nitrogens with zero attached hydrogens (tertiary/aromatic N) is 3. The zero-order valence-corrected chi connectivity index (χ0v) is 21.4. The average molecular weight is 526 g/mol. The maximum atomic E-state index is 13.6. The number of rotatable bonds is 10. The number of benzene rings is 2. The molecular weight excluding hydrogens is 496 g/mol. The minimum absolute atomic E-state index is 0.0184. The van der Waals surface area contributed by atoms with E-state index < -0.39 is 0 Å². The van der Waals surface area contributed by atoms with Crippen molar-refractivity contribution in [1.82, 2.24) is 19.8 Å². The molecule has 0 saturated heterocycles. The van der Waals surface area contributed by atoms with Gasteiger partial charge < -0.3 is 5.32 Å². The van der Waals surface area contributed by atoms with Gasteiger partial charge in [0.15, 0.2) is 0 Å². The lowest BCUT2D eigenvalue weighted by atomic mass is 10.1. The highest BCUT2D eigenvalue weighted by atomic mass is 79.9. The Bertz CT molecular complexity index is 1240. The van der Waals surface area contributed by atoms with Crippen LogP contribution in [-0.2, 0) is 13.1 Å². The minimum Gasteiger partial charge on any atom is -0.318 e. The van der Waals surface area contributed by atoms with E-state index >= 15 is 0 Å². The van der Waals surface area contributed by atoms with Gasteiger partial charge in [0.1, 0.15) is 10.7 Å². The molecule has 0 bridgehead atoms. The van der Waals surface area contributed by atoms with Crippen molar-refractivity contribution >= 4 is 37.5 Å². The number of fused-ring (bicyclic) bond motifs is 1. The Kier molecular flexibility index (Phi) is 8.09. The molecule has 4 rings (SSSR count). The Morgan fingerprint density at radius 2 is 1.85 bits per heavy atom.